The van der Waals surface area contributed by atoms with Crippen LogP contribution in [0.3, 0.4) is 0 Å². The summed E-state index contributed by atoms with van der Waals surface area (Å²) in [5, 5.41) is 3.60. The number of halogens is 2. The largest absolute Gasteiger partial charge is 0.354 e. The van der Waals surface area contributed by atoms with Gasteiger partial charge in [0.05, 0.1) is 5.75 Å². The predicted molar refractivity (Wildman–Crippen MR) is 126 cm³/mol. The van der Waals surface area contributed by atoms with Crippen molar-refractivity contribution in [2.75, 3.05) is 12.3 Å². The first-order chi connectivity index (χ1) is 14.8. The number of hydrogen-bond donors (Lipinski definition) is 1. The van der Waals surface area contributed by atoms with Crippen LogP contribution < -0.4 is 5.32 Å². The molecule has 31 heavy (non-hydrogen) atoms. The van der Waals surface area contributed by atoms with E-state index in [1.807, 2.05) is 45.0 Å². The zero-order valence-corrected chi connectivity index (χ0v) is 19.8. The molecule has 0 spiro atoms. The number of amides is 2. The molecular formula is C24H30ClFN2O2S. The van der Waals surface area contributed by atoms with E-state index in [1.165, 1.54) is 23.9 Å². The lowest BCUT2D eigenvalue weighted by molar-refractivity contribution is -0.139. The quantitative estimate of drug-likeness (QED) is 0.491. The van der Waals surface area contributed by atoms with Gasteiger partial charge in [-0.3, -0.25) is 9.59 Å². The first kappa shape index (κ1) is 25.2. The van der Waals surface area contributed by atoms with Gasteiger partial charge in [0.1, 0.15) is 11.9 Å². The van der Waals surface area contributed by atoms with Crippen molar-refractivity contribution in [2.45, 2.75) is 45.5 Å². The second kappa shape index (κ2) is 12.7. The Bertz CT molecular complexity index is 861. The maximum atomic E-state index is 13.3. The number of benzene rings is 2. The maximum absolute atomic E-state index is 13.3. The van der Waals surface area contributed by atoms with Gasteiger partial charge in [-0.2, -0.15) is 0 Å². The van der Waals surface area contributed by atoms with Crippen LogP contribution in [-0.4, -0.2) is 35.1 Å². The second-order valence-electron chi connectivity index (χ2n) is 7.83. The first-order valence-electron chi connectivity index (χ1n) is 10.4. The molecular weight excluding hydrogens is 435 g/mol. The van der Waals surface area contributed by atoms with Crippen molar-refractivity contribution in [2.24, 2.45) is 5.92 Å². The van der Waals surface area contributed by atoms with Gasteiger partial charge in [0.15, 0.2) is 0 Å². The molecule has 4 nitrogen and oxygen atoms in total. The average Bonchev–Trinajstić information content (AvgIpc) is 2.73. The number of carbonyl (C=O) groups is 2. The topological polar surface area (TPSA) is 49.4 Å². The summed E-state index contributed by atoms with van der Waals surface area (Å²) in [6, 6.07) is 13.0. The highest BCUT2D eigenvalue weighted by Crippen LogP contribution is 2.19. The lowest BCUT2D eigenvalue weighted by Gasteiger charge is -2.31. The van der Waals surface area contributed by atoms with Crippen LogP contribution in [0.25, 0.3) is 0 Å². The highest BCUT2D eigenvalue weighted by atomic mass is 35.5. The Kier molecular flexibility index (Phi) is 10.3. The fraction of sp³-hybridized carbons (Fsp3) is 0.417. The molecule has 0 fully saturated rings. The van der Waals surface area contributed by atoms with E-state index in [2.05, 4.69) is 5.32 Å². The summed E-state index contributed by atoms with van der Waals surface area (Å²) in [6.45, 7) is 6.75. The molecule has 168 valence electrons. The molecule has 2 amide bonds. The molecule has 2 aromatic rings. The molecule has 0 aliphatic rings. The van der Waals surface area contributed by atoms with Crippen LogP contribution in [0.2, 0.25) is 5.02 Å². The van der Waals surface area contributed by atoms with Gasteiger partial charge in [0, 0.05) is 23.9 Å². The number of nitrogens with zero attached hydrogens (tertiary/aromatic N) is 1. The van der Waals surface area contributed by atoms with Gasteiger partial charge in [-0.15, -0.1) is 11.8 Å². The van der Waals surface area contributed by atoms with Crippen molar-refractivity contribution >= 4 is 35.2 Å². The highest BCUT2D eigenvalue weighted by molar-refractivity contribution is 7.99. The van der Waals surface area contributed by atoms with E-state index in [0.717, 1.165) is 11.1 Å². The Labute approximate surface area is 193 Å². The Morgan fingerprint density at radius 1 is 1.13 bits per heavy atom. The van der Waals surface area contributed by atoms with E-state index in [-0.39, 0.29) is 29.9 Å². The van der Waals surface area contributed by atoms with Gasteiger partial charge in [-0.1, -0.05) is 56.6 Å². The molecule has 0 saturated carbocycles. The Morgan fingerprint density at radius 3 is 2.45 bits per heavy atom. The fourth-order valence-corrected chi connectivity index (χ4v) is 4.17. The van der Waals surface area contributed by atoms with Gasteiger partial charge in [0.25, 0.3) is 0 Å². The maximum Gasteiger partial charge on any atom is 0.242 e. The van der Waals surface area contributed by atoms with E-state index < -0.39 is 6.04 Å². The molecule has 0 radical (unpaired) electrons. The van der Waals surface area contributed by atoms with Crippen molar-refractivity contribution in [3.63, 3.8) is 0 Å². The number of thioether (sulfide) groups is 1. The Hall–Kier alpha value is -2.05. The third-order valence-electron chi connectivity index (χ3n) is 4.72. The third kappa shape index (κ3) is 8.54. The van der Waals surface area contributed by atoms with Crippen LogP contribution in [0.5, 0.6) is 0 Å². The minimum absolute atomic E-state index is 0.122. The van der Waals surface area contributed by atoms with Crippen molar-refractivity contribution in [1.29, 1.82) is 0 Å². The van der Waals surface area contributed by atoms with Crippen molar-refractivity contribution in [3.05, 3.63) is 70.5 Å². The molecule has 0 bridgehead atoms. The lowest BCUT2D eigenvalue weighted by Crippen LogP contribution is -2.50. The molecule has 7 heteroatoms. The second-order valence-corrected chi connectivity index (χ2v) is 9.26. The molecule has 0 aliphatic heterocycles. The Morgan fingerprint density at radius 2 is 1.84 bits per heavy atom. The number of hydrogen-bond acceptors (Lipinski definition) is 3. The molecule has 0 heterocycles. The molecule has 2 aromatic carbocycles. The number of rotatable bonds is 11. The zero-order chi connectivity index (χ0) is 22.8. The van der Waals surface area contributed by atoms with Gasteiger partial charge in [-0.05, 0) is 47.7 Å². The molecule has 0 saturated heterocycles. The van der Waals surface area contributed by atoms with Crippen LogP contribution in [0.15, 0.2) is 48.5 Å². The van der Waals surface area contributed by atoms with Crippen molar-refractivity contribution in [3.8, 4) is 0 Å². The van der Waals surface area contributed by atoms with E-state index in [0.29, 0.717) is 29.7 Å². The van der Waals surface area contributed by atoms with Crippen molar-refractivity contribution < 1.29 is 14.0 Å². The third-order valence-corrected chi connectivity index (χ3v) is 5.94. The predicted octanol–water partition coefficient (Wildman–Crippen LogP) is 5.29. The average molecular weight is 465 g/mol. The van der Waals surface area contributed by atoms with Gasteiger partial charge in [-0.25, -0.2) is 4.39 Å². The first-order valence-corrected chi connectivity index (χ1v) is 12.0. The van der Waals surface area contributed by atoms with Crippen LogP contribution in [0.1, 0.15) is 38.3 Å². The standard InChI is InChI=1S/C24H30ClFN2O2S/c1-4-22(24(30)27-13-17(2)3)28(14-18-8-10-21(26)11-9-18)23(29)16-31-15-19-6-5-7-20(25)12-19/h5-12,17,22H,4,13-16H2,1-3H3,(H,27,30). The normalized spacial score (nSPS) is 11.9. The molecule has 1 atom stereocenters. The Balaban J connectivity index is 2.11. The van der Waals surface area contributed by atoms with Gasteiger partial charge in [0.2, 0.25) is 11.8 Å². The lowest BCUT2D eigenvalue weighted by atomic mass is 10.1. The van der Waals surface area contributed by atoms with E-state index in [9.17, 15) is 14.0 Å². The summed E-state index contributed by atoms with van der Waals surface area (Å²) in [7, 11) is 0. The van der Waals surface area contributed by atoms with Crippen molar-refractivity contribution in [1.82, 2.24) is 10.2 Å². The smallest absolute Gasteiger partial charge is 0.242 e. The summed E-state index contributed by atoms with van der Waals surface area (Å²) >= 11 is 7.51. The molecule has 1 N–H and O–H groups in total. The summed E-state index contributed by atoms with van der Waals surface area (Å²) in [6.07, 6.45) is 0.496. The molecule has 2 rings (SSSR count). The molecule has 1 unspecified atom stereocenters. The zero-order valence-electron chi connectivity index (χ0n) is 18.2. The number of nitrogens with one attached hydrogen (secondary N) is 1. The summed E-state index contributed by atoms with van der Waals surface area (Å²) < 4.78 is 13.3. The summed E-state index contributed by atoms with van der Waals surface area (Å²) in [5.74, 6) is 0.583. The van der Waals surface area contributed by atoms with Crippen LogP contribution >= 0.6 is 23.4 Å². The minimum Gasteiger partial charge on any atom is -0.354 e. The SMILES string of the molecule is CCC(C(=O)NCC(C)C)N(Cc1ccc(F)cc1)C(=O)CSCc1cccc(Cl)c1. The minimum atomic E-state index is -0.580. The van der Waals surface area contributed by atoms with Crippen LogP contribution in [0.4, 0.5) is 4.39 Å². The van der Waals surface area contributed by atoms with E-state index in [1.54, 1.807) is 17.0 Å². The fourth-order valence-electron chi connectivity index (χ4n) is 3.09. The van der Waals surface area contributed by atoms with Gasteiger partial charge < -0.3 is 10.2 Å². The van der Waals surface area contributed by atoms with Crippen LogP contribution in [0, 0.1) is 11.7 Å². The highest BCUT2D eigenvalue weighted by Gasteiger charge is 2.28. The van der Waals surface area contributed by atoms with E-state index in [4.69, 9.17) is 11.6 Å². The van der Waals surface area contributed by atoms with E-state index >= 15 is 0 Å². The number of carbonyl (C=O) groups excluding carboxylic acids is 2. The molecule has 0 aromatic heterocycles. The van der Waals surface area contributed by atoms with Gasteiger partial charge >= 0.3 is 0 Å². The molecule has 0 aliphatic carbocycles. The summed E-state index contributed by atoms with van der Waals surface area (Å²) in [5.41, 5.74) is 1.82. The summed E-state index contributed by atoms with van der Waals surface area (Å²) in [4.78, 5) is 27.6. The van der Waals surface area contributed by atoms with Crippen LogP contribution in [-0.2, 0) is 21.9 Å². The monoisotopic (exact) mass is 464 g/mol.